The number of nitrogens with zero attached hydrogens (tertiary/aromatic N) is 2. The van der Waals surface area contributed by atoms with Crippen LogP contribution in [0.3, 0.4) is 0 Å². The van der Waals surface area contributed by atoms with E-state index < -0.39 is 11.8 Å². The molecule has 1 aliphatic heterocycles. The average Bonchev–Trinajstić information content (AvgIpc) is 2.56. The number of rotatable bonds is 4. The van der Waals surface area contributed by atoms with Crippen molar-refractivity contribution in [1.82, 2.24) is 9.80 Å². The van der Waals surface area contributed by atoms with Gasteiger partial charge in [0.1, 0.15) is 11.3 Å². The van der Waals surface area contributed by atoms with Gasteiger partial charge in [-0.05, 0) is 48.0 Å². The maximum atomic E-state index is 12.3. The molecule has 1 fully saturated rings. The van der Waals surface area contributed by atoms with Gasteiger partial charge in [0.15, 0.2) is 5.11 Å². The second-order valence-corrected chi connectivity index (χ2v) is 5.50. The van der Waals surface area contributed by atoms with Crippen molar-refractivity contribution in [2.24, 2.45) is 0 Å². The highest BCUT2D eigenvalue weighted by atomic mass is 32.1. The van der Waals surface area contributed by atoms with Gasteiger partial charge in [-0.3, -0.25) is 19.4 Å². The van der Waals surface area contributed by atoms with E-state index in [1.54, 1.807) is 45.5 Å². The van der Waals surface area contributed by atoms with Gasteiger partial charge in [-0.25, -0.2) is 0 Å². The third kappa shape index (κ3) is 3.17. The Hall–Kier alpha value is -2.47. The summed E-state index contributed by atoms with van der Waals surface area (Å²) >= 11 is 5.07. The summed E-state index contributed by atoms with van der Waals surface area (Å²) < 4.78 is 5.30. The van der Waals surface area contributed by atoms with Crippen LogP contribution in [-0.2, 0) is 16.0 Å². The van der Waals surface area contributed by atoms with E-state index in [9.17, 15) is 9.59 Å². The van der Waals surface area contributed by atoms with Crippen LogP contribution in [0.1, 0.15) is 11.1 Å². The van der Waals surface area contributed by atoms with Gasteiger partial charge < -0.3 is 4.74 Å². The highest BCUT2D eigenvalue weighted by Gasteiger charge is 2.35. The van der Waals surface area contributed by atoms with E-state index in [0.717, 1.165) is 16.9 Å². The van der Waals surface area contributed by atoms with E-state index in [1.807, 2.05) is 6.07 Å². The van der Waals surface area contributed by atoms with Crippen molar-refractivity contribution >= 4 is 35.2 Å². The first-order chi connectivity index (χ1) is 10.9. The number of thiocarbonyl (C=S) groups is 1. The predicted molar refractivity (Wildman–Crippen MR) is 93.0 cm³/mol. The number of hydrogen-bond acceptors (Lipinski definition) is 4. The van der Waals surface area contributed by atoms with Crippen molar-refractivity contribution < 1.29 is 14.3 Å². The Bertz CT molecular complexity index is 699. The molecule has 0 aliphatic carbocycles. The summed E-state index contributed by atoms with van der Waals surface area (Å²) in [6.45, 7) is 3.72. The van der Waals surface area contributed by atoms with Gasteiger partial charge in [-0.2, -0.15) is 0 Å². The highest BCUT2D eigenvalue weighted by Crippen LogP contribution is 2.24. The first kappa shape index (κ1) is 16.9. The molecule has 0 atom stereocenters. The number of methoxy groups -OCH3 is 1. The van der Waals surface area contributed by atoms with Crippen LogP contribution in [-0.4, -0.2) is 47.9 Å². The quantitative estimate of drug-likeness (QED) is 0.367. The van der Waals surface area contributed by atoms with Crippen LogP contribution >= 0.6 is 12.2 Å². The summed E-state index contributed by atoms with van der Waals surface area (Å²) in [4.78, 5) is 27.2. The van der Waals surface area contributed by atoms with Gasteiger partial charge in [0.05, 0.1) is 7.11 Å². The lowest BCUT2D eigenvalue weighted by Gasteiger charge is -2.31. The Kier molecular flexibility index (Phi) is 4.95. The zero-order chi connectivity index (χ0) is 17.1. The van der Waals surface area contributed by atoms with E-state index in [4.69, 9.17) is 17.0 Å². The number of amides is 2. The summed E-state index contributed by atoms with van der Waals surface area (Å²) in [5.74, 6) is -0.0675. The molecule has 1 aliphatic rings. The van der Waals surface area contributed by atoms with E-state index in [0.29, 0.717) is 6.42 Å². The summed E-state index contributed by atoms with van der Waals surface area (Å²) in [6.07, 6.45) is 3.98. The SMILES string of the molecule is C=CCc1cc(C=C2C(=O)N(C)C(=S)N(C)C2=O)ccc1OC. The van der Waals surface area contributed by atoms with Gasteiger partial charge in [0, 0.05) is 14.1 Å². The van der Waals surface area contributed by atoms with Crippen molar-refractivity contribution in [3.63, 3.8) is 0 Å². The van der Waals surface area contributed by atoms with Crippen LogP contribution < -0.4 is 4.74 Å². The second kappa shape index (κ2) is 6.75. The zero-order valence-electron chi connectivity index (χ0n) is 13.3. The number of hydrogen-bond donors (Lipinski definition) is 0. The Morgan fingerprint density at radius 1 is 1.22 bits per heavy atom. The smallest absolute Gasteiger partial charge is 0.265 e. The van der Waals surface area contributed by atoms with E-state index >= 15 is 0 Å². The molecule has 0 aromatic heterocycles. The molecule has 1 heterocycles. The molecule has 5 nitrogen and oxygen atoms in total. The molecular weight excluding hydrogens is 312 g/mol. The molecule has 23 heavy (non-hydrogen) atoms. The first-order valence-corrected chi connectivity index (χ1v) is 7.41. The summed E-state index contributed by atoms with van der Waals surface area (Å²) in [5.41, 5.74) is 1.76. The fraction of sp³-hybridized carbons (Fsp3) is 0.235. The van der Waals surface area contributed by atoms with E-state index in [-0.39, 0.29) is 10.7 Å². The summed E-state index contributed by atoms with van der Waals surface area (Å²) in [5, 5.41) is 0.194. The molecule has 0 bridgehead atoms. The minimum Gasteiger partial charge on any atom is -0.496 e. The first-order valence-electron chi connectivity index (χ1n) is 7.00. The van der Waals surface area contributed by atoms with Gasteiger partial charge in [-0.15, -0.1) is 6.58 Å². The third-order valence-corrected chi connectivity index (χ3v) is 4.17. The maximum absolute atomic E-state index is 12.3. The summed E-state index contributed by atoms with van der Waals surface area (Å²) in [6, 6.07) is 5.48. The minimum atomic E-state index is -0.404. The number of likely N-dealkylation sites (N-methyl/N-ethyl adjacent to an activating group) is 2. The van der Waals surface area contributed by atoms with Gasteiger partial charge in [0.25, 0.3) is 11.8 Å². The highest BCUT2D eigenvalue weighted by molar-refractivity contribution is 7.80. The molecule has 2 rings (SSSR count). The van der Waals surface area contributed by atoms with Crippen LogP contribution in [0.4, 0.5) is 0 Å². The van der Waals surface area contributed by atoms with Crippen LogP contribution in [0.25, 0.3) is 6.08 Å². The lowest BCUT2D eigenvalue weighted by Crippen LogP contribution is -2.52. The van der Waals surface area contributed by atoms with Gasteiger partial charge >= 0.3 is 0 Å². The molecule has 1 aromatic carbocycles. The minimum absolute atomic E-state index is 0.0818. The standard InChI is InChI=1S/C17H18N2O3S/c1-5-6-12-9-11(7-8-14(12)22-4)10-13-15(20)18(2)17(23)19(3)16(13)21/h5,7-10H,1,6H2,2-4H3. The lowest BCUT2D eigenvalue weighted by molar-refractivity contribution is -0.132. The number of carbonyl (C=O) groups is 2. The maximum Gasteiger partial charge on any atom is 0.265 e. The van der Waals surface area contributed by atoms with Crippen molar-refractivity contribution in [1.29, 1.82) is 0 Å². The largest absolute Gasteiger partial charge is 0.496 e. The lowest BCUT2D eigenvalue weighted by atomic mass is 10.0. The fourth-order valence-electron chi connectivity index (χ4n) is 2.35. The average molecular weight is 330 g/mol. The van der Waals surface area contributed by atoms with Gasteiger partial charge in [-0.1, -0.05) is 12.1 Å². The van der Waals surface area contributed by atoms with E-state index in [2.05, 4.69) is 6.58 Å². The molecule has 0 spiro atoms. The van der Waals surface area contributed by atoms with Crippen LogP contribution in [0, 0.1) is 0 Å². The Labute approximate surface area is 140 Å². The molecule has 0 unspecified atom stereocenters. The van der Waals surface area contributed by atoms with Crippen LogP contribution in [0.5, 0.6) is 5.75 Å². The number of allylic oxidation sites excluding steroid dienone is 1. The fourth-order valence-corrected chi connectivity index (χ4v) is 2.51. The molecule has 0 radical (unpaired) electrons. The van der Waals surface area contributed by atoms with E-state index in [1.165, 1.54) is 9.80 Å². The Morgan fingerprint density at radius 2 is 1.83 bits per heavy atom. The monoisotopic (exact) mass is 330 g/mol. The topological polar surface area (TPSA) is 49.9 Å². The molecule has 1 aromatic rings. The Morgan fingerprint density at radius 3 is 2.35 bits per heavy atom. The normalized spacial score (nSPS) is 15.1. The van der Waals surface area contributed by atoms with Crippen molar-refractivity contribution in [3.8, 4) is 5.75 Å². The van der Waals surface area contributed by atoms with Crippen molar-refractivity contribution in [2.75, 3.05) is 21.2 Å². The number of benzene rings is 1. The molecule has 6 heteroatoms. The molecular formula is C17H18N2O3S. The number of carbonyl (C=O) groups excluding carboxylic acids is 2. The van der Waals surface area contributed by atoms with Crippen LogP contribution in [0.15, 0.2) is 36.4 Å². The molecule has 120 valence electrons. The van der Waals surface area contributed by atoms with Gasteiger partial charge in [0.2, 0.25) is 0 Å². The second-order valence-electron chi connectivity index (χ2n) is 5.13. The van der Waals surface area contributed by atoms with Crippen LogP contribution in [0.2, 0.25) is 0 Å². The Balaban J connectivity index is 2.46. The third-order valence-electron chi connectivity index (χ3n) is 3.62. The molecule has 1 saturated heterocycles. The molecule has 0 N–H and O–H groups in total. The molecule has 0 saturated carbocycles. The zero-order valence-corrected chi connectivity index (χ0v) is 14.1. The molecule has 2 amide bonds. The number of ether oxygens (including phenoxy) is 1. The predicted octanol–water partition coefficient (Wildman–Crippen LogP) is 2.02. The van der Waals surface area contributed by atoms with Crippen molar-refractivity contribution in [3.05, 3.63) is 47.6 Å². The summed E-state index contributed by atoms with van der Waals surface area (Å²) in [7, 11) is 4.70. The van der Waals surface area contributed by atoms with Crippen molar-refractivity contribution in [2.45, 2.75) is 6.42 Å².